The van der Waals surface area contributed by atoms with Gasteiger partial charge in [-0.3, -0.25) is 0 Å². The first-order chi connectivity index (χ1) is 8.67. The van der Waals surface area contributed by atoms with Crippen LogP contribution in [0.4, 0.5) is 0 Å². The third-order valence-corrected chi connectivity index (χ3v) is 4.29. The summed E-state index contributed by atoms with van der Waals surface area (Å²) in [6, 6.07) is 2.56. The molecule has 2 rings (SSSR count). The molecule has 3 heteroatoms. The molecule has 3 nitrogen and oxygen atoms in total. The van der Waals surface area contributed by atoms with Crippen molar-refractivity contribution in [2.75, 3.05) is 6.61 Å². The molecule has 100 valence electrons. The molecule has 0 spiro atoms. The second-order valence-electron chi connectivity index (χ2n) is 5.65. The number of rotatable bonds is 7. The average molecular weight is 248 g/mol. The smallest absolute Gasteiger partial charge is 0.316 e. The Kier molecular flexibility index (Phi) is 4.20. The Labute approximate surface area is 110 Å². The van der Waals surface area contributed by atoms with Crippen molar-refractivity contribution in [3.63, 3.8) is 0 Å². The second-order valence-corrected chi connectivity index (χ2v) is 5.65. The molecule has 0 bridgehead atoms. The van der Waals surface area contributed by atoms with Gasteiger partial charge in [0.15, 0.2) is 0 Å². The Balaban J connectivity index is 1.84. The van der Waals surface area contributed by atoms with Crippen molar-refractivity contribution >= 4 is 0 Å². The van der Waals surface area contributed by atoms with Crippen LogP contribution in [0.5, 0.6) is 6.01 Å². The minimum absolute atomic E-state index is 0.383. The standard InChI is InChI=1S/C15H24N2O/c1-4-15(3,5-2)9-11-18-14-16-10-8-13(17-14)12-6-7-12/h8,10,12H,4-7,9,11H2,1-3H3. The first kappa shape index (κ1) is 13.3. The van der Waals surface area contributed by atoms with Crippen LogP contribution in [0, 0.1) is 5.41 Å². The van der Waals surface area contributed by atoms with Gasteiger partial charge in [0.1, 0.15) is 0 Å². The molecule has 0 aliphatic heterocycles. The molecule has 0 aromatic carbocycles. The van der Waals surface area contributed by atoms with Crippen LogP contribution < -0.4 is 4.74 Å². The Morgan fingerprint density at radius 2 is 2.06 bits per heavy atom. The maximum Gasteiger partial charge on any atom is 0.316 e. The van der Waals surface area contributed by atoms with Gasteiger partial charge in [-0.05, 0) is 30.7 Å². The van der Waals surface area contributed by atoms with Crippen LogP contribution in [0.2, 0.25) is 0 Å². The van der Waals surface area contributed by atoms with Gasteiger partial charge in [-0.25, -0.2) is 4.98 Å². The zero-order valence-corrected chi connectivity index (χ0v) is 11.8. The van der Waals surface area contributed by atoms with Crippen molar-refractivity contribution < 1.29 is 4.74 Å². The Hall–Kier alpha value is -1.12. The fraction of sp³-hybridized carbons (Fsp3) is 0.733. The summed E-state index contributed by atoms with van der Waals surface area (Å²) in [4.78, 5) is 8.66. The molecule has 1 heterocycles. The summed E-state index contributed by atoms with van der Waals surface area (Å²) in [5.41, 5.74) is 1.53. The minimum Gasteiger partial charge on any atom is -0.463 e. The van der Waals surface area contributed by atoms with Crippen LogP contribution in [-0.2, 0) is 0 Å². The molecule has 0 N–H and O–H groups in total. The zero-order chi connectivity index (χ0) is 13.0. The lowest BCUT2D eigenvalue weighted by Crippen LogP contribution is -2.18. The van der Waals surface area contributed by atoms with Gasteiger partial charge in [-0.1, -0.05) is 33.6 Å². The molecule has 1 saturated carbocycles. The van der Waals surface area contributed by atoms with E-state index in [-0.39, 0.29) is 0 Å². The predicted molar refractivity (Wildman–Crippen MR) is 72.8 cm³/mol. The normalized spacial score (nSPS) is 15.7. The summed E-state index contributed by atoms with van der Waals surface area (Å²) in [7, 11) is 0. The van der Waals surface area contributed by atoms with Gasteiger partial charge in [0.25, 0.3) is 0 Å². The molecule has 1 aromatic heterocycles. The van der Waals surface area contributed by atoms with Gasteiger partial charge in [0.05, 0.1) is 12.3 Å². The number of aromatic nitrogens is 2. The summed E-state index contributed by atoms with van der Waals surface area (Å²) in [6.45, 7) is 7.52. The maximum atomic E-state index is 5.70. The fourth-order valence-electron chi connectivity index (χ4n) is 2.02. The van der Waals surface area contributed by atoms with E-state index in [0.29, 0.717) is 24.0 Å². The van der Waals surface area contributed by atoms with Crippen LogP contribution in [0.3, 0.4) is 0 Å². The molecule has 0 radical (unpaired) electrons. The lowest BCUT2D eigenvalue weighted by atomic mass is 9.82. The van der Waals surface area contributed by atoms with Gasteiger partial charge in [0.2, 0.25) is 0 Å². The van der Waals surface area contributed by atoms with E-state index in [1.165, 1.54) is 25.7 Å². The highest BCUT2D eigenvalue weighted by Gasteiger charge is 2.25. The summed E-state index contributed by atoms with van der Waals surface area (Å²) < 4.78 is 5.70. The number of hydrogen-bond donors (Lipinski definition) is 0. The largest absolute Gasteiger partial charge is 0.463 e. The molecule has 1 aromatic rings. The van der Waals surface area contributed by atoms with E-state index < -0.39 is 0 Å². The summed E-state index contributed by atoms with van der Waals surface area (Å²) >= 11 is 0. The molecule has 1 fully saturated rings. The van der Waals surface area contributed by atoms with Crippen LogP contribution in [0.1, 0.15) is 64.5 Å². The molecule has 1 aliphatic carbocycles. The van der Waals surface area contributed by atoms with E-state index in [0.717, 1.165) is 12.1 Å². The second kappa shape index (κ2) is 5.68. The van der Waals surface area contributed by atoms with Gasteiger partial charge < -0.3 is 4.74 Å². The summed E-state index contributed by atoms with van der Waals surface area (Å²) in [6.07, 6.45) is 7.79. The Morgan fingerprint density at radius 3 is 2.67 bits per heavy atom. The monoisotopic (exact) mass is 248 g/mol. The first-order valence-electron chi connectivity index (χ1n) is 7.12. The molecular weight excluding hydrogens is 224 g/mol. The highest BCUT2D eigenvalue weighted by Crippen LogP contribution is 2.39. The van der Waals surface area contributed by atoms with E-state index >= 15 is 0 Å². The Bertz CT molecular complexity index is 384. The van der Waals surface area contributed by atoms with Crippen LogP contribution >= 0.6 is 0 Å². The van der Waals surface area contributed by atoms with E-state index in [2.05, 4.69) is 30.7 Å². The molecule has 0 amide bonds. The molecular formula is C15H24N2O. The van der Waals surface area contributed by atoms with E-state index in [4.69, 9.17) is 4.74 Å². The van der Waals surface area contributed by atoms with Crippen molar-refractivity contribution in [2.45, 2.75) is 58.8 Å². The van der Waals surface area contributed by atoms with Gasteiger partial charge in [-0.15, -0.1) is 0 Å². The molecule has 0 saturated heterocycles. The van der Waals surface area contributed by atoms with Crippen molar-refractivity contribution in [2.24, 2.45) is 5.41 Å². The highest BCUT2D eigenvalue weighted by atomic mass is 16.5. The van der Waals surface area contributed by atoms with E-state index in [1.54, 1.807) is 0 Å². The number of hydrogen-bond acceptors (Lipinski definition) is 3. The average Bonchev–Trinajstić information content (AvgIpc) is 3.23. The molecule has 0 atom stereocenters. The SMILES string of the molecule is CCC(C)(CC)CCOc1nccc(C2CC2)n1. The lowest BCUT2D eigenvalue weighted by Gasteiger charge is -2.26. The van der Waals surface area contributed by atoms with Crippen molar-refractivity contribution in [3.8, 4) is 6.01 Å². The van der Waals surface area contributed by atoms with Crippen molar-refractivity contribution in [1.82, 2.24) is 9.97 Å². The van der Waals surface area contributed by atoms with E-state index in [9.17, 15) is 0 Å². The van der Waals surface area contributed by atoms with Gasteiger partial charge in [0, 0.05) is 12.1 Å². The molecule has 0 unspecified atom stereocenters. The quantitative estimate of drug-likeness (QED) is 0.733. The first-order valence-corrected chi connectivity index (χ1v) is 7.12. The predicted octanol–water partition coefficient (Wildman–Crippen LogP) is 3.95. The van der Waals surface area contributed by atoms with Gasteiger partial charge in [-0.2, -0.15) is 4.98 Å². The lowest BCUT2D eigenvalue weighted by molar-refractivity contribution is 0.190. The topological polar surface area (TPSA) is 35.0 Å². The third-order valence-electron chi connectivity index (χ3n) is 4.29. The Morgan fingerprint density at radius 1 is 1.33 bits per heavy atom. The van der Waals surface area contributed by atoms with Crippen LogP contribution in [0.25, 0.3) is 0 Å². The van der Waals surface area contributed by atoms with Crippen LogP contribution in [-0.4, -0.2) is 16.6 Å². The molecule has 1 aliphatic rings. The number of nitrogens with zero attached hydrogens (tertiary/aromatic N) is 2. The van der Waals surface area contributed by atoms with Crippen molar-refractivity contribution in [3.05, 3.63) is 18.0 Å². The van der Waals surface area contributed by atoms with E-state index in [1.807, 2.05) is 12.3 Å². The minimum atomic E-state index is 0.383. The number of ether oxygens (including phenoxy) is 1. The fourth-order valence-corrected chi connectivity index (χ4v) is 2.02. The van der Waals surface area contributed by atoms with Crippen molar-refractivity contribution in [1.29, 1.82) is 0 Å². The zero-order valence-electron chi connectivity index (χ0n) is 11.8. The molecule has 18 heavy (non-hydrogen) atoms. The van der Waals surface area contributed by atoms with Gasteiger partial charge >= 0.3 is 6.01 Å². The summed E-state index contributed by atoms with van der Waals surface area (Å²) in [5.74, 6) is 0.659. The van der Waals surface area contributed by atoms with Crippen LogP contribution in [0.15, 0.2) is 12.3 Å². The summed E-state index contributed by atoms with van der Waals surface area (Å²) in [5, 5.41) is 0. The third kappa shape index (κ3) is 3.44. The highest BCUT2D eigenvalue weighted by molar-refractivity contribution is 5.15. The maximum absolute atomic E-state index is 5.70.